The summed E-state index contributed by atoms with van der Waals surface area (Å²) in [5, 5.41) is 3.19. The van der Waals surface area contributed by atoms with Crippen molar-refractivity contribution in [3.05, 3.63) is 0 Å². The summed E-state index contributed by atoms with van der Waals surface area (Å²) in [5.41, 5.74) is 0. The first-order valence-corrected chi connectivity index (χ1v) is 6.91. The van der Waals surface area contributed by atoms with Gasteiger partial charge >= 0.3 is 0 Å². The van der Waals surface area contributed by atoms with E-state index in [2.05, 4.69) is 26.1 Å². The number of carbonyl (C=O) groups is 1. The summed E-state index contributed by atoms with van der Waals surface area (Å²) < 4.78 is 0. The monoisotopic (exact) mass is 225 g/mol. The third-order valence-corrected chi connectivity index (χ3v) is 3.70. The highest BCUT2D eigenvalue weighted by Gasteiger charge is 2.20. The van der Waals surface area contributed by atoms with Crippen LogP contribution in [-0.2, 0) is 4.79 Å². The van der Waals surface area contributed by atoms with Crippen LogP contribution in [0.3, 0.4) is 0 Å². The molecule has 0 aliphatic heterocycles. The number of amides is 1. The van der Waals surface area contributed by atoms with Crippen molar-refractivity contribution in [2.45, 2.75) is 71.8 Å². The number of hydrogen-bond acceptors (Lipinski definition) is 1. The predicted molar refractivity (Wildman–Crippen MR) is 68.3 cm³/mol. The lowest BCUT2D eigenvalue weighted by atomic mass is 9.87. The van der Waals surface area contributed by atoms with Gasteiger partial charge in [-0.05, 0) is 37.5 Å². The topological polar surface area (TPSA) is 29.1 Å². The van der Waals surface area contributed by atoms with E-state index < -0.39 is 0 Å². The average molecular weight is 225 g/mol. The molecule has 1 fully saturated rings. The number of rotatable bonds is 5. The molecule has 0 aromatic rings. The van der Waals surface area contributed by atoms with Crippen molar-refractivity contribution in [3.8, 4) is 0 Å². The summed E-state index contributed by atoms with van der Waals surface area (Å²) >= 11 is 0. The standard InChI is InChI=1S/C14H27NO/c1-4-5-12(3)10-14(16)15-13-8-6-11(2)7-9-13/h11-13H,4-10H2,1-3H3,(H,15,16). The molecule has 0 aromatic carbocycles. The molecule has 1 saturated carbocycles. The Balaban J connectivity index is 2.18. The van der Waals surface area contributed by atoms with Crippen molar-refractivity contribution in [1.82, 2.24) is 5.32 Å². The van der Waals surface area contributed by atoms with Gasteiger partial charge in [0.15, 0.2) is 0 Å². The van der Waals surface area contributed by atoms with Crippen LogP contribution in [0.15, 0.2) is 0 Å². The van der Waals surface area contributed by atoms with Gasteiger partial charge in [-0.25, -0.2) is 0 Å². The Hall–Kier alpha value is -0.530. The fourth-order valence-corrected chi connectivity index (χ4v) is 2.60. The van der Waals surface area contributed by atoms with Crippen LogP contribution in [0.5, 0.6) is 0 Å². The van der Waals surface area contributed by atoms with Gasteiger partial charge in [0.2, 0.25) is 5.91 Å². The van der Waals surface area contributed by atoms with Crippen LogP contribution < -0.4 is 5.32 Å². The number of hydrogen-bond donors (Lipinski definition) is 1. The molecule has 1 unspecified atom stereocenters. The Kier molecular flexibility index (Phi) is 5.86. The second kappa shape index (κ2) is 6.93. The van der Waals surface area contributed by atoms with Gasteiger partial charge in [-0.15, -0.1) is 0 Å². The quantitative estimate of drug-likeness (QED) is 0.762. The lowest BCUT2D eigenvalue weighted by Crippen LogP contribution is -2.37. The minimum Gasteiger partial charge on any atom is -0.353 e. The molecule has 0 radical (unpaired) electrons. The van der Waals surface area contributed by atoms with Crippen molar-refractivity contribution >= 4 is 5.91 Å². The summed E-state index contributed by atoms with van der Waals surface area (Å²) in [6.45, 7) is 6.66. The normalized spacial score (nSPS) is 27.4. The summed E-state index contributed by atoms with van der Waals surface area (Å²) in [7, 11) is 0. The third kappa shape index (κ3) is 5.00. The van der Waals surface area contributed by atoms with Crippen molar-refractivity contribution in [1.29, 1.82) is 0 Å². The Bertz CT molecular complexity index is 207. The fraction of sp³-hybridized carbons (Fsp3) is 0.929. The van der Waals surface area contributed by atoms with Crippen LogP contribution in [0, 0.1) is 11.8 Å². The van der Waals surface area contributed by atoms with E-state index in [1.807, 2.05) is 0 Å². The van der Waals surface area contributed by atoms with E-state index in [4.69, 9.17) is 0 Å². The minimum absolute atomic E-state index is 0.264. The van der Waals surface area contributed by atoms with Gasteiger partial charge in [0.1, 0.15) is 0 Å². The molecule has 1 aliphatic rings. The first kappa shape index (κ1) is 13.5. The highest BCUT2D eigenvalue weighted by Crippen LogP contribution is 2.23. The number of nitrogens with one attached hydrogen (secondary N) is 1. The molecule has 2 nitrogen and oxygen atoms in total. The second-order valence-corrected chi connectivity index (χ2v) is 5.62. The molecular weight excluding hydrogens is 198 g/mol. The third-order valence-electron chi connectivity index (χ3n) is 3.70. The second-order valence-electron chi connectivity index (χ2n) is 5.62. The highest BCUT2D eigenvalue weighted by molar-refractivity contribution is 5.76. The van der Waals surface area contributed by atoms with Crippen molar-refractivity contribution in [2.24, 2.45) is 11.8 Å². The summed E-state index contributed by atoms with van der Waals surface area (Å²) in [4.78, 5) is 11.8. The van der Waals surface area contributed by atoms with Gasteiger partial charge < -0.3 is 5.32 Å². The van der Waals surface area contributed by atoms with E-state index in [9.17, 15) is 4.79 Å². The van der Waals surface area contributed by atoms with E-state index in [1.165, 1.54) is 32.1 Å². The van der Waals surface area contributed by atoms with E-state index in [-0.39, 0.29) is 5.91 Å². The molecule has 1 atom stereocenters. The van der Waals surface area contributed by atoms with Gasteiger partial charge in [-0.1, -0.05) is 33.6 Å². The van der Waals surface area contributed by atoms with Crippen LogP contribution in [0.4, 0.5) is 0 Å². The number of carbonyl (C=O) groups excluding carboxylic acids is 1. The van der Waals surface area contributed by atoms with E-state index in [1.54, 1.807) is 0 Å². The highest BCUT2D eigenvalue weighted by atomic mass is 16.1. The summed E-state index contributed by atoms with van der Waals surface area (Å²) in [6.07, 6.45) is 7.94. The molecule has 16 heavy (non-hydrogen) atoms. The maximum absolute atomic E-state index is 11.8. The molecule has 0 heterocycles. The Morgan fingerprint density at radius 1 is 1.31 bits per heavy atom. The van der Waals surface area contributed by atoms with Gasteiger partial charge in [-0.2, -0.15) is 0 Å². The first-order chi connectivity index (χ1) is 7.61. The largest absolute Gasteiger partial charge is 0.353 e. The van der Waals surface area contributed by atoms with Gasteiger partial charge in [0.05, 0.1) is 0 Å². The zero-order valence-corrected chi connectivity index (χ0v) is 11.1. The molecule has 1 rings (SSSR count). The maximum Gasteiger partial charge on any atom is 0.220 e. The molecule has 2 heteroatoms. The molecule has 1 N–H and O–H groups in total. The van der Waals surface area contributed by atoms with E-state index in [0.717, 1.165) is 12.3 Å². The van der Waals surface area contributed by atoms with Crippen LogP contribution in [-0.4, -0.2) is 11.9 Å². The van der Waals surface area contributed by atoms with Crippen molar-refractivity contribution in [3.63, 3.8) is 0 Å². The van der Waals surface area contributed by atoms with Crippen LogP contribution in [0.25, 0.3) is 0 Å². The van der Waals surface area contributed by atoms with E-state index in [0.29, 0.717) is 18.4 Å². The molecule has 0 spiro atoms. The van der Waals surface area contributed by atoms with Gasteiger partial charge in [0.25, 0.3) is 0 Å². The van der Waals surface area contributed by atoms with Crippen LogP contribution in [0.2, 0.25) is 0 Å². The summed E-state index contributed by atoms with van der Waals surface area (Å²) in [6, 6.07) is 0.456. The minimum atomic E-state index is 0.264. The first-order valence-electron chi connectivity index (χ1n) is 6.91. The molecular formula is C14H27NO. The van der Waals surface area contributed by atoms with Gasteiger partial charge in [-0.3, -0.25) is 4.79 Å². The average Bonchev–Trinajstić information content (AvgIpc) is 2.21. The SMILES string of the molecule is CCCC(C)CC(=O)NC1CCC(C)CC1. The summed E-state index contributed by atoms with van der Waals surface area (Å²) in [5.74, 6) is 1.65. The van der Waals surface area contributed by atoms with Crippen molar-refractivity contribution < 1.29 is 4.79 Å². The molecule has 94 valence electrons. The Labute approximate surface area is 100 Å². The van der Waals surface area contributed by atoms with Gasteiger partial charge in [0, 0.05) is 12.5 Å². The fourth-order valence-electron chi connectivity index (χ4n) is 2.60. The lowest BCUT2D eigenvalue weighted by Gasteiger charge is -2.27. The molecule has 0 aromatic heterocycles. The van der Waals surface area contributed by atoms with E-state index >= 15 is 0 Å². The predicted octanol–water partition coefficient (Wildman–Crippen LogP) is 3.51. The molecule has 0 bridgehead atoms. The Morgan fingerprint density at radius 3 is 2.50 bits per heavy atom. The van der Waals surface area contributed by atoms with Crippen LogP contribution >= 0.6 is 0 Å². The zero-order valence-electron chi connectivity index (χ0n) is 11.1. The molecule has 1 amide bonds. The molecule has 1 aliphatic carbocycles. The smallest absolute Gasteiger partial charge is 0.220 e. The van der Waals surface area contributed by atoms with Crippen LogP contribution in [0.1, 0.15) is 65.7 Å². The Morgan fingerprint density at radius 2 is 1.94 bits per heavy atom. The molecule has 0 saturated heterocycles. The zero-order chi connectivity index (χ0) is 12.0. The lowest BCUT2D eigenvalue weighted by molar-refractivity contribution is -0.122. The van der Waals surface area contributed by atoms with Crippen molar-refractivity contribution in [2.75, 3.05) is 0 Å². The maximum atomic E-state index is 11.8.